The summed E-state index contributed by atoms with van der Waals surface area (Å²) in [6.07, 6.45) is 40.9. The summed E-state index contributed by atoms with van der Waals surface area (Å²) in [6.45, 7) is 11.3. The molecule has 326 valence electrons. The van der Waals surface area contributed by atoms with Crippen molar-refractivity contribution in [1.82, 2.24) is 0 Å². The number of hydrogen-bond acceptors (Lipinski definition) is 6. The average molecular weight is 779 g/mol. The number of unbranched alkanes of at least 4 members (excludes halogenated alkanes) is 27. The van der Waals surface area contributed by atoms with E-state index in [0.29, 0.717) is 19.3 Å². The van der Waals surface area contributed by atoms with Crippen LogP contribution in [0.4, 0.5) is 0 Å². The molecule has 0 spiro atoms. The van der Waals surface area contributed by atoms with E-state index in [1.807, 2.05) is 0 Å². The summed E-state index contributed by atoms with van der Waals surface area (Å²) in [4.78, 5) is 37.8. The van der Waals surface area contributed by atoms with Crippen LogP contribution in [0.25, 0.3) is 0 Å². The molecular weight excluding hydrogens is 685 g/mol. The highest BCUT2D eigenvalue weighted by molar-refractivity contribution is 5.71. The van der Waals surface area contributed by atoms with Crippen molar-refractivity contribution in [3.05, 3.63) is 0 Å². The van der Waals surface area contributed by atoms with Crippen LogP contribution in [0.2, 0.25) is 0 Å². The fourth-order valence-electron chi connectivity index (χ4n) is 7.25. The fourth-order valence-corrected chi connectivity index (χ4v) is 7.25. The zero-order valence-electron chi connectivity index (χ0n) is 37.6. The molecule has 55 heavy (non-hydrogen) atoms. The van der Waals surface area contributed by atoms with Crippen LogP contribution in [0.5, 0.6) is 0 Å². The molecule has 0 heterocycles. The molecule has 0 aromatic carbocycles. The minimum absolute atomic E-state index is 0.0648. The first-order chi connectivity index (χ1) is 26.8. The minimum atomic E-state index is -0.761. The lowest BCUT2D eigenvalue weighted by atomic mass is 10.00. The normalized spacial score (nSPS) is 12.5. The Bertz CT molecular complexity index is 841. The third-order valence-corrected chi connectivity index (χ3v) is 11.3. The molecule has 0 aliphatic carbocycles. The van der Waals surface area contributed by atoms with Gasteiger partial charge in [0, 0.05) is 19.3 Å². The molecule has 0 aliphatic rings. The highest BCUT2D eigenvalue weighted by atomic mass is 16.6. The van der Waals surface area contributed by atoms with Crippen LogP contribution in [0, 0.1) is 11.8 Å². The van der Waals surface area contributed by atoms with Crippen molar-refractivity contribution >= 4 is 17.9 Å². The number of hydrogen-bond donors (Lipinski definition) is 0. The fraction of sp³-hybridized carbons (Fsp3) is 0.939. The summed E-state index contributed by atoms with van der Waals surface area (Å²) in [5.74, 6) is 0.797. The van der Waals surface area contributed by atoms with Crippen LogP contribution >= 0.6 is 0 Å². The number of ether oxygens (including phenoxy) is 3. The van der Waals surface area contributed by atoms with Crippen LogP contribution in [-0.2, 0) is 28.6 Å². The van der Waals surface area contributed by atoms with Crippen LogP contribution < -0.4 is 0 Å². The lowest BCUT2D eigenvalue weighted by Gasteiger charge is -2.18. The van der Waals surface area contributed by atoms with Gasteiger partial charge in [-0.25, -0.2) is 0 Å². The molecule has 0 N–H and O–H groups in total. The standard InChI is InChI=1S/C49H94O6/c1-6-8-9-10-11-12-16-20-23-29-34-39-47(50)53-42-46(43-54-48(51)40-35-30-26-25-28-33-38-45(5)7-2)55-49(52)41-36-31-24-21-18-15-13-14-17-19-22-27-32-37-44(3)4/h44-46H,6-43H2,1-5H3/t45?,46-/m1/s1. The van der Waals surface area contributed by atoms with Crippen molar-refractivity contribution in [1.29, 1.82) is 0 Å². The third kappa shape index (κ3) is 41.9. The second-order valence-corrected chi connectivity index (χ2v) is 17.5. The maximum atomic E-state index is 12.7. The van der Waals surface area contributed by atoms with Gasteiger partial charge in [-0.05, 0) is 31.1 Å². The number of esters is 3. The maximum Gasteiger partial charge on any atom is 0.306 e. The van der Waals surface area contributed by atoms with E-state index in [0.717, 1.165) is 69.6 Å². The van der Waals surface area contributed by atoms with Gasteiger partial charge >= 0.3 is 17.9 Å². The van der Waals surface area contributed by atoms with E-state index in [-0.39, 0.29) is 31.1 Å². The molecule has 0 aromatic rings. The second-order valence-electron chi connectivity index (χ2n) is 17.5. The first kappa shape index (κ1) is 53.4. The molecule has 6 nitrogen and oxygen atoms in total. The van der Waals surface area contributed by atoms with E-state index in [1.54, 1.807) is 0 Å². The Kier molecular flexibility index (Phi) is 40.8. The SMILES string of the molecule is CCCCCCCCCCCCCC(=O)OC[C@H](COC(=O)CCCCCCCCC(C)CC)OC(=O)CCCCCCCCCCCCCCCC(C)C. The second kappa shape index (κ2) is 42.0. The van der Waals surface area contributed by atoms with Gasteiger partial charge in [0.25, 0.3) is 0 Å². The molecule has 2 atom stereocenters. The summed E-state index contributed by atoms with van der Waals surface area (Å²) < 4.78 is 16.7. The maximum absolute atomic E-state index is 12.7. The lowest BCUT2D eigenvalue weighted by Crippen LogP contribution is -2.30. The van der Waals surface area contributed by atoms with Gasteiger partial charge in [-0.2, -0.15) is 0 Å². The van der Waals surface area contributed by atoms with Gasteiger partial charge in [-0.3, -0.25) is 14.4 Å². The van der Waals surface area contributed by atoms with E-state index in [4.69, 9.17) is 14.2 Å². The molecule has 0 aromatic heterocycles. The molecule has 0 fully saturated rings. The molecule has 0 amide bonds. The first-order valence-electron chi connectivity index (χ1n) is 24.3. The monoisotopic (exact) mass is 779 g/mol. The van der Waals surface area contributed by atoms with Gasteiger partial charge in [0.1, 0.15) is 13.2 Å². The van der Waals surface area contributed by atoms with Crippen LogP contribution in [-0.4, -0.2) is 37.2 Å². The van der Waals surface area contributed by atoms with Crippen LogP contribution in [0.1, 0.15) is 266 Å². The molecule has 6 heteroatoms. The topological polar surface area (TPSA) is 78.9 Å². The van der Waals surface area contributed by atoms with Gasteiger partial charge < -0.3 is 14.2 Å². The highest BCUT2D eigenvalue weighted by Gasteiger charge is 2.19. The summed E-state index contributed by atoms with van der Waals surface area (Å²) in [5.41, 5.74) is 0. The molecule has 0 radical (unpaired) electrons. The van der Waals surface area contributed by atoms with Crippen molar-refractivity contribution in [2.24, 2.45) is 11.8 Å². The quantitative estimate of drug-likeness (QED) is 0.0348. The Hall–Kier alpha value is -1.59. The van der Waals surface area contributed by atoms with E-state index >= 15 is 0 Å². The zero-order chi connectivity index (χ0) is 40.5. The molecule has 0 saturated heterocycles. The van der Waals surface area contributed by atoms with Crippen LogP contribution in [0.15, 0.2) is 0 Å². The van der Waals surface area contributed by atoms with Gasteiger partial charge in [0.15, 0.2) is 6.10 Å². The number of rotatable bonds is 43. The van der Waals surface area contributed by atoms with Crippen molar-refractivity contribution in [2.45, 2.75) is 272 Å². The highest BCUT2D eigenvalue weighted by Crippen LogP contribution is 2.17. The van der Waals surface area contributed by atoms with Crippen molar-refractivity contribution in [3.63, 3.8) is 0 Å². The zero-order valence-corrected chi connectivity index (χ0v) is 37.6. The molecule has 0 rings (SSSR count). The largest absolute Gasteiger partial charge is 0.462 e. The van der Waals surface area contributed by atoms with Crippen molar-refractivity contribution in [2.75, 3.05) is 13.2 Å². The van der Waals surface area contributed by atoms with E-state index < -0.39 is 6.10 Å². The Morgan fingerprint density at radius 1 is 0.382 bits per heavy atom. The van der Waals surface area contributed by atoms with Gasteiger partial charge in [0.05, 0.1) is 0 Å². The average Bonchev–Trinajstić information content (AvgIpc) is 3.17. The predicted molar refractivity (Wildman–Crippen MR) is 233 cm³/mol. The Morgan fingerprint density at radius 3 is 1.04 bits per heavy atom. The Balaban J connectivity index is 4.31. The number of carbonyl (C=O) groups is 3. The molecule has 1 unspecified atom stereocenters. The number of carbonyl (C=O) groups excluding carboxylic acids is 3. The van der Waals surface area contributed by atoms with E-state index in [9.17, 15) is 14.4 Å². The molecule has 0 bridgehead atoms. The minimum Gasteiger partial charge on any atom is -0.462 e. The molecule has 0 saturated carbocycles. The predicted octanol–water partition coefficient (Wildman–Crippen LogP) is 15.4. The van der Waals surface area contributed by atoms with Gasteiger partial charge in [-0.15, -0.1) is 0 Å². The summed E-state index contributed by atoms with van der Waals surface area (Å²) in [6, 6.07) is 0. The summed E-state index contributed by atoms with van der Waals surface area (Å²) in [5, 5.41) is 0. The van der Waals surface area contributed by atoms with E-state index in [2.05, 4.69) is 34.6 Å². The Labute approximate surface area is 342 Å². The molecular formula is C49H94O6. The lowest BCUT2D eigenvalue weighted by molar-refractivity contribution is -0.167. The summed E-state index contributed by atoms with van der Waals surface area (Å²) in [7, 11) is 0. The van der Waals surface area contributed by atoms with E-state index in [1.165, 1.54) is 154 Å². The third-order valence-electron chi connectivity index (χ3n) is 11.3. The van der Waals surface area contributed by atoms with Gasteiger partial charge in [-0.1, -0.05) is 227 Å². The molecule has 0 aliphatic heterocycles. The van der Waals surface area contributed by atoms with Crippen molar-refractivity contribution < 1.29 is 28.6 Å². The van der Waals surface area contributed by atoms with Gasteiger partial charge in [0.2, 0.25) is 0 Å². The Morgan fingerprint density at radius 2 is 0.691 bits per heavy atom. The first-order valence-corrected chi connectivity index (χ1v) is 24.3. The van der Waals surface area contributed by atoms with Crippen LogP contribution in [0.3, 0.4) is 0 Å². The van der Waals surface area contributed by atoms with Crippen molar-refractivity contribution in [3.8, 4) is 0 Å². The smallest absolute Gasteiger partial charge is 0.306 e. The summed E-state index contributed by atoms with van der Waals surface area (Å²) >= 11 is 0.